The molecule has 4 rings (SSSR count). The minimum Gasteiger partial charge on any atom is -0.497 e. The highest BCUT2D eigenvalue weighted by Crippen LogP contribution is 2.54. The normalized spacial score (nSPS) is 26.0. The summed E-state index contributed by atoms with van der Waals surface area (Å²) in [4.78, 5) is 18.1. The third-order valence-corrected chi connectivity index (χ3v) is 5.13. The Morgan fingerprint density at radius 1 is 1.46 bits per heavy atom. The van der Waals surface area contributed by atoms with E-state index >= 15 is 0 Å². The van der Waals surface area contributed by atoms with Gasteiger partial charge in [-0.15, -0.1) is 0 Å². The fourth-order valence-electron chi connectivity index (χ4n) is 3.73. The van der Waals surface area contributed by atoms with E-state index in [-0.39, 0.29) is 5.92 Å². The smallest absolute Gasteiger partial charge is 0.324 e. The van der Waals surface area contributed by atoms with Gasteiger partial charge in [0, 0.05) is 5.56 Å². The van der Waals surface area contributed by atoms with E-state index in [1.165, 1.54) is 0 Å². The van der Waals surface area contributed by atoms with Crippen LogP contribution in [0.5, 0.6) is 5.75 Å². The lowest BCUT2D eigenvalue weighted by Crippen LogP contribution is -2.47. The second kappa shape index (κ2) is 5.59. The fraction of sp³-hybridized carbons (Fsp3) is 0.471. The third kappa shape index (κ3) is 2.36. The molecule has 1 N–H and O–H groups in total. The molecule has 0 amide bonds. The summed E-state index contributed by atoms with van der Waals surface area (Å²) in [5.74, 6) is 1.24. The van der Waals surface area contributed by atoms with E-state index in [1.807, 2.05) is 29.2 Å². The largest absolute Gasteiger partial charge is 0.497 e. The van der Waals surface area contributed by atoms with E-state index in [0.29, 0.717) is 18.3 Å². The molecule has 0 unspecified atom stereocenters. The van der Waals surface area contributed by atoms with Crippen LogP contribution in [0.15, 0.2) is 28.8 Å². The molecule has 1 aliphatic carbocycles. The van der Waals surface area contributed by atoms with E-state index in [4.69, 9.17) is 9.26 Å². The zero-order valence-electron chi connectivity index (χ0n) is 13.4. The summed E-state index contributed by atoms with van der Waals surface area (Å²) in [6, 6.07) is 7.37. The minimum atomic E-state index is -0.730. The van der Waals surface area contributed by atoms with Crippen molar-refractivity contribution in [1.82, 2.24) is 15.0 Å². The lowest BCUT2D eigenvalue weighted by atomic mass is 10.0. The van der Waals surface area contributed by atoms with Crippen molar-refractivity contribution in [3.05, 3.63) is 30.1 Å². The van der Waals surface area contributed by atoms with Crippen molar-refractivity contribution in [2.75, 3.05) is 13.7 Å². The molecule has 1 saturated carbocycles. The van der Waals surface area contributed by atoms with Crippen LogP contribution in [-0.4, -0.2) is 45.3 Å². The number of aromatic nitrogens is 2. The molecule has 2 aromatic rings. The van der Waals surface area contributed by atoms with Gasteiger partial charge >= 0.3 is 5.97 Å². The molecule has 7 nitrogen and oxygen atoms in total. The number of ether oxygens (including phenoxy) is 1. The zero-order chi connectivity index (χ0) is 16.7. The maximum Gasteiger partial charge on any atom is 0.324 e. The number of carboxylic acid groups (broad SMARTS) is 1. The SMILES string of the molecule is COc1ccc(-c2nc(CN3CCC[C@@H]4C[C@@]43C(=O)O)no2)cc1. The number of carboxylic acids is 1. The molecular weight excluding hydrogens is 310 g/mol. The van der Waals surface area contributed by atoms with Crippen LogP contribution in [0.2, 0.25) is 0 Å². The molecule has 2 aliphatic rings. The topological polar surface area (TPSA) is 88.7 Å². The number of rotatable bonds is 5. The van der Waals surface area contributed by atoms with Gasteiger partial charge in [-0.05, 0) is 56.0 Å². The first kappa shape index (κ1) is 15.1. The fourth-order valence-corrected chi connectivity index (χ4v) is 3.73. The first-order chi connectivity index (χ1) is 11.6. The van der Waals surface area contributed by atoms with Crippen LogP contribution in [0, 0.1) is 5.92 Å². The summed E-state index contributed by atoms with van der Waals surface area (Å²) >= 11 is 0. The molecule has 126 valence electrons. The summed E-state index contributed by atoms with van der Waals surface area (Å²) in [5.41, 5.74) is 0.101. The van der Waals surface area contributed by atoms with Gasteiger partial charge in [-0.3, -0.25) is 9.69 Å². The summed E-state index contributed by atoms with van der Waals surface area (Å²) in [6.45, 7) is 1.16. The Labute approximate surface area is 139 Å². The first-order valence-corrected chi connectivity index (χ1v) is 8.09. The predicted molar refractivity (Wildman–Crippen MR) is 84.4 cm³/mol. The maximum atomic E-state index is 11.7. The van der Waals surface area contributed by atoms with Gasteiger partial charge in [-0.1, -0.05) is 5.16 Å². The van der Waals surface area contributed by atoms with Crippen LogP contribution < -0.4 is 4.74 Å². The Balaban J connectivity index is 1.51. The van der Waals surface area contributed by atoms with Gasteiger partial charge in [-0.2, -0.15) is 4.98 Å². The van der Waals surface area contributed by atoms with Crippen LogP contribution in [-0.2, 0) is 11.3 Å². The van der Waals surface area contributed by atoms with E-state index in [0.717, 1.165) is 37.1 Å². The monoisotopic (exact) mass is 329 g/mol. The van der Waals surface area contributed by atoms with Crippen LogP contribution >= 0.6 is 0 Å². The van der Waals surface area contributed by atoms with Crippen LogP contribution in [0.4, 0.5) is 0 Å². The second-order valence-corrected chi connectivity index (χ2v) is 6.44. The second-order valence-electron chi connectivity index (χ2n) is 6.44. The average Bonchev–Trinajstić information content (AvgIpc) is 3.20. The number of hydrogen-bond acceptors (Lipinski definition) is 6. The number of aliphatic carboxylic acids is 1. The Morgan fingerprint density at radius 3 is 2.96 bits per heavy atom. The molecule has 2 atom stereocenters. The Hall–Kier alpha value is -2.41. The van der Waals surface area contributed by atoms with Gasteiger partial charge < -0.3 is 14.4 Å². The highest BCUT2D eigenvalue weighted by atomic mass is 16.5. The van der Waals surface area contributed by atoms with Gasteiger partial charge in [0.15, 0.2) is 5.82 Å². The number of nitrogens with zero attached hydrogens (tertiary/aromatic N) is 3. The summed E-state index contributed by atoms with van der Waals surface area (Å²) < 4.78 is 10.5. The van der Waals surface area contributed by atoms with Crippen molar-refractivity contribution >= 4 is 5.97 Å². The van der Waals surface area contributed by atoms with Gasteiger partial charge in [0.05, 0.1) is 13.7 Å². The van der Waals surface area contributed by atoms with Gasteiger partial charge in [0.25, 0.3) is 5.89 Å². The van der Waals surface area contributed by atoms with E-state index < -0.39 is 11.5 Å². The number of methoxy groups -OCH3 is 1. The minimum absolute atomic E-state index is 0.261. The van der Waals surface area contributed by atoms with Gasteiger partial charge in [0.1, 0.15) is 11.3 Å². The quantitative estimate of drug-likeness (QED) is 0.899. The van der Waals surface area contributed by atoms with Crippen molar-refractivity contribution in [3.8, 4) is 17.2 Å². The van der Waals surface area contributed by atoms with Crippen molar-refractivity contribution in [2.24, 2.45) is 5.92 Å². The first-order valence-electron chi connectivity index (χ1n) is 8.09. The average molecular weight is 329 g/mol. The lowest BCUT2D eigenvalue weighted by molar-refractivity contribution is -0.147. The summed E-state index contributed by atoms with van der Waals surface area (Å²) in [5, 5.41) is 13.6. The van der Waals surface area contributed by atoms with Gasteiger partial charge in [-0.25, -0.2) is 0 Å². The number of benzene rings is 1. The van der Waals surface area contributed by atoms with E-state index in [1.54, 1.807) is 7.11 Å². The van der Waals surface area contributed by atoms with Crippen molar-refractivity contribution in [3.63, 3.8) is 0 Å². The van der Waals surface area contributed by atoms with Crippen molar-refractivity contribution in [1.29, 1.82) is 0 Å². The molecule has 1 saturated heterocycles. The molecule has 1 aromatic heterocycles. The van der Waals surface area contributed by atoms with Crippen molar-refractivity contribution < 1.29 is 19.2 Å². The van der Waals surface area contributed by atoms with Gasteiger partial charge in [0.2, 0.25) is 0 Å². The number of piperidine rings is 1. The Kier molecular flexibility index (Phi) is 3.53. The molecule has 0 spiro atoms. The van der Waals surface area contributed by atoms with Crippen LogP contribution in [0.25, 0.3) is 11.5 Å². The van der Waals surface area contributed by atoms with Crippen LogP contribution in [0.3, 0.4) is 0 Å². The molecule has 2 fully saturated rings. The predicted octanol–water partition coefficient (Wildman–Crippen LogP) is 2.18. The number of likely N-dealkylation sites (tertiary alicyclic amines) is 1. The Morgan fingerprint density at radius 2 is 2.25 bits per heavy atom. The van der Waals surface area contributed by atoms with Crippen LogP contribution in [0.1, 0.15) is 25.1 Å². The molecular formula is C17H19N3O4. The molecule has 24 heavy (non-hydrogen) atoms. The number of hydrogen-bond donors (Lipinski definition) is 1. The van der Waals surface area contributed by atoms with E-state index in [2.05, 4.69) is 10.1 Å². The van der Waals surface area contributed by atoms with E-state index in [9.17, 15) is 9.90 Å². The molecule has 1 aromatic carbocycles. The maximum absolute atomic E-state index is 11.7. The third-order valence-electron chi connectivity index (χ3n) is 5.13. The number of fused-ring (bicyclic) bond motifs is 1. The molecule has 2 heterocycles. The zero-order valence-corrected chi connectivity index (χ0v) is 13.4. The number of carbonyl (C=O) groups is 1. The molecule has 0 bridgehead atoms. The highest BCUT2D eigenvalue weighted by molar-refractivity contribution is 5.83. The molecule has 7 heteroatoms. The Bertz CT molecular complexity index is 757. The lowest BCUT2D eigenvalue weighted by Gasteiger charge is -2.32. The summed E-state index contributed by atoms with van der Waals surface area (Å²) in [7, 11) is 1.61. The molecule has 1 aliphatic heterocycles. The highest BCUT2D eigenvalue weighted by Gasteiger charge is 2.65. The summed E-state index contributed by atoms with van der Waals surface area (Å²) in [6.07, 6.45) is 2.74. The molecule has 0 radical (unpaired) electrons. The standard InChI is InChI=1S/C17H19N3O4/c1-23-13-6-4-11(5-7-13)15-18-14(19-24-15)10-20-8-2-3-12-9-17(12,20)16(21)22/h4-7,12H,2-3,8-10H2,1H3,(H,21,22)/t12-,17+/m1/s1. The van der Waals surface area contributed by atoms with Crippen molar-refractivity contribution in [2.45, 2.75) is 31.3 Å².